The topological polar surface area (TPSA) is 21.3 Å². The molecular weight excluding hydrogens is 362 g/mol. The number of hydrogen-bond acceptors (Lipinski definition) is 3. The number of fused-ring (bicyclic) bond motifs is 4. The lowest BCUT2D eigenvalue weighted by molar-refractivity contribution is 0.0239. The van der Waals surface area contributed by atoms with Crippen molar-refractivity contribution >= 4 is 11.8 Å². The molecule has 0 radical (unpaired) electrons. The molecule has 0 spiro atoms. The van der Waals surface area contributed by atoms with Gasteiger partial charge in [0.25, 0.3) is 0 Å². The van der Waals surface area contributed by atoms with E-state index in [1.54, 1.807) is 11.1 Å². The maximum atomic E-state index is 6.82. The summed E-state index contributed by atoms with van der Waals surface area (Å²) < 4.78 is 6.82. The molecule has 4 fully saturated rings. The van der Waals surface area contributed by atoms with Crippen LogP contribution < -0.4 is 5.32 Å². The molecule has 0 amide bonds. The molecule has 6 aliphatic rings. The van der Waals surface area contributed by atoms with Crippen LogP contribution in [0.4, 0.5) is 0 Å². The number of rotatable bonds is 2. The second kappa shape index (κ2) is 7.63. The molecule has 1 N–H and O–H groups in total. The minimum atomic E-state index is 0.406. The SMILES string of the molecule is C1=CC(C2CCC3OC4C(C5NC6CCCCC6S5)=CCCC4C3C2)=CCC1. The van der Waals surface area contributed by atoms with E-state index in [1.165, 1.54) is 70.6 Å². The lowest BCUT2D eigenvalue weighted by Crippen LogP contribution is -2.39. The van der Waals surface area contributed by atoms with Gasteiger partial charge in [-0.1, -0.05) is 37.1 Å². The maximum absolute atomic E-state index is 6.82. The average molecular weight is 398 g/mol. The van der Waals surface area contributed by atoms with E-state index in [0.29, 0.717) is 17.6 Å². The van der Waals surface area contributed by atoms with Crippen LogP contribution in [0.15, 0.2) is 35.5 Å². The van der Waals surface area contributed by atoms with Gasteiger partial charge in [-0.2, -0.15) is 0 Å². The smallest absolute Gasteiger partial charge is 0.0844 e. The number of nitrogens with one attached hydrogen (secondary N) is 1. The fourth-order valence-electron chi connectivity index (χ4n) is 7.09. The van der Waals surface area contributed by atoms with Crippen molar-refractivity contribution in [3.63, 3.8) is 0 Å². The number of thioether (sulfide) groups is 1. The molecule has 4 aliphatic carbocycles. The highest BCUT2D eigenvalue weighted by Crippen LogP contribution is 2.52. The molecule has 2 saturated carbocycles. The lowest BCUT2D eigenvalue weighted by atomic mass is 9.68. The van der Waals surface area contributed by atoms with Crippen molar-refractivity contribution in [3.05, 3.63) is 35.5 Å². The van der Waals surface area contributed by atoms with Gasteiger partial charge in [-0.3, -0.25) is 5.32 Å². The highest BCUT2D eigenvalue weighted by Gasteiger charge is 2.51. The fourth-order valence-corrected chi connectivity index (χ4v) is 8.79. The highest BCUT2D eigenvalue weighted by molar-refractivity contribution is 8.01. The Morgan fingerprint density at radius 1 is 0.929 bits per heavy atom. The Kier molecular flexibility index (Phi) is 4.98. The summed E-state index contributed by atoms with van der Waals surface area (Å²) in [5, 5.41) is 5.39. The zero-order valence-electron chi connectivity index (χ0n) is 17.0. The van der Waals surface area contributed by atoms with Crippen LogP contribution in [0.1, 0.15) is 70.6 Å². The molecule has 2 aliphatic heterocycles. The Bertz CT molecular complexity index is 683. The zero-order chi connectivity index (χ0) is 18.5. The van der Waals surface area contributed by atoms with E-state index in [4.69, 9.17) is 4.74 Å². The van der Waals surface area contributed by atoms with Crippen molar-refractivity contribution in [2.75, 3.05) is 0 Å². The van der Waals surface area contributed by atoms with E-state index in [0.717, 1.165) is 29.0 Å². The minimum absolute atomic E-state index is 0.406. The van der Waals surface area contributed by atoms with Crippen molar-refractivity contribution in [2.45, 2.75) is 99.5 Å². The third-order valence-corrected chi connectivity index (χ3v) is 10.1. The predicted octanol–water partition coefficient (Wildman–Crippen LogP) is 5.76. The minimum Gasteiger partial charge on any atom is -0.370 e. The first-order valence-corrected chi connectivity index (χ1v) is 12.9. The molecule has 2 nitrogen and oxygen atoms in total. The monoisotopic (exact) mass is 397 g/mol. The van der Waals surface area contributed by atoms with Crippen LogP contribution in [0.3, 0.4) is 0 Å². The summed E-state index contributed by atoms with van der Waals surface area (Å²) in [6.45, 7) is 0. The third kappa shape index (κ3) is 3.17. The summed E-state index contributed by atoms with van der Waals surface area (Å²) in [5.74, 6) is 2.35. The second-order valence-corrected chi connectivity index (χ2v) is 11.4. The summed E-state index contributed by atoms with van der Waals surface area (Å²) >= 11 is 2.23. The van der Waals surface area contributed by atoms with Crippen molar-refractivity contribution in [1.29, 1.82) is 0 Å². The largest absolute Gasteiger partial charge is 0.370 e. The van der Waals surface area contributed by atoms with E-state index in [1.807, 2.05) is 0 Å². The van der Waals surface area contributed by atoms with Crippen LogP contribution in [0.25, 0.3) is 0 Å². The van der Waals surface area contributed by atoms with Crippen LogP contribution in [-0.2, 0) is 4.74 Å². The van der Waals surface area contributed by atoms with Gasteiger partial charge < -0.3 is 4.74 Å². The van der Waals surface area contributed by atoms with Crippen molar-refractivity contribution in [1.82, 2.24) is 5.32 Å². The quantitative estimate of drug-likeness (QED) is 0.599. The molecule has 8 unspecified atom stereocenters. The van der Waals surface area contributed by atoms with Crippen molar-refractivity contribution < 1.29 is 4.74 Å². The summed E-state index contributed by atoms with van der Waals surface area (Å²) in [6, 6.07) is 0.753. The zero-order valence-corrected chi connectivity index (χ0v) is 17.8. The molecule has 0 aromatic carbocycles. The van der Waals surface area contributed by atoms with Gasteiger partial charge in [0.1, 0.15) is 0 Å². The van der Waals surface area contributed by atoms with E-state index in [2.05, 4.69) is 41.4 Å². The molecule has 8 atom stereocenters. The van der Waals surface area contributed by atoms with Gasteiger partial charge >= 0.3 is 0 Å². The van der Waals surface area contributed by atoms with E-state index in [-0.39, 0.29) is 0 Å². The van der Waals surface area contributed by atoms with Crippen molar-refractivity contribution in [2.24, 2.45) is 17.8 Å². The Labute approximate surface area is 174 Å². The molecular formula is C25H35NOS. The van der Waals surface area contributed by atoms with Crippen LogP contribution in [-0.4, -0.2) is 28.9 Å². The van der Waals surface area contributed by atoms with Gasteiger partial charge in [-0.05, 0) is 86.7 Å². The van der Waals surface area contributed by atoms with Crippen molar-refractivity contribution in [3.8, 4) is 0 Å². The molecule has 28 heavy (non-hydrogen) atoms. The third-order valence-electron chi connectivity index (χ3n) is 8.48. The highest BCUT2D eigenvalue weighted by atomic mass is 32.2. The van der Waals surface area contributed by atoms with Gasteiger partial charge in [0.15, 0.2) is 0 Å². The van der Waals surface area contributed by atoms with Gasteiger partial charge in [0.05, 0.1) is 17.6 Å². The second-order valence-electron chi connectivity index (χ2n) is 10.0. The first-order valence-electron chi connectivity index (χ1n) is 12.0. The molecule has 3 heteroatoms. The average Bonchev–Trinajstić information content (AvgIpc) is 3.35. The molecule has 0 bridgehead atoms. The van der Waals surface area contributed by atoms with Gasteiger partial charge in [0.2, 0.25) is 0 Å². The first kappa shape index (κ1) is 18.3. The summed E-state index contributed by atoms with van der Waals surface area (Å²) in [6.07, 6.45) is 25.5. The Hall–Kier alpha value is -0.510. The summed E-state index contributed by atoms with van der Waals surface area (Å²) in [5.41, 5.74) is 3.26. The molecule has 2 saturated heterocycles. The standard InChI is InChI=1S/C25H35NOS/c1-2-7-16(8-3-1)17-13-14-22-20(15-17)18-9-6-10-19(24(18)27-22)25-26-21-11-4-5-12-23(21)28-25/h2,7-8,10,17-18,20-26H,1,3-6,9,11-15H2. The molecule has 0 aromatic heterocycles. The maximum Gasteiger partial charge on any atom is 0.0844 e. The molecule has 152 valence electrons. The number of hydrogen-bond donors (Lipinski definition) is 1. The Morgan fingerprint density at radius 3 is 2.79 bits per heavy atom. The fraction of sp³-hybridized carbons (Fsp3) is 0.760. The Balaban J connectivity index is 1.18. The Morgan fingerprint density at radius 2 is 1.89 bits per heavy atom. The van der Waals surface area contributed by atoms with Gasteiger partial charge in [0, 0.05) is 11.3 Å². The predicted molar refractivity (Wildman–Crippen MR) is 117 cm³/mol. The van der Waals surface area contributed by atoms with Gasteiger partial charge in [-0.25, -0.2) is 0 Å². The lowest BCUT2D eigenvalue weighted by Gasteiger charge is -2.35. The molecule has 2 heterocycles. The summed E-state index contributed by atoms with van der Waals surface area (Å²) in [7, 11) is 0. The number of ether oxygens (including phenoxy) is 1. The van der Waals surface area contributed by atoms with E-state index >= 15 is 0 Å². The van der Waals surface area contributed by atoms with E-state index < -0.39 is 0 Å². The normalized spacial score (nSPS) is 47.7. The number of allylic oxidation sites excluding steroid dienone is 5. The van der Waals surface area contributed by atoms with Crippen LogP contribution in [0.2, 0.25) is 0 Å². The van der Waals surface area contributed by atoms with E-state index in [9.17, 15) is 0 Å². The van der Waals surface area contributed by atoms with Crippen LogP contribution in [0, 0.1) is 17.8 Å². The van der Waals surface area contributed by atoms with Crippen LogP contribution >= 0.6 is 11.8 Å². The molecule has 6 rings (SSSR count). The first-order chi connectivity index (χ1) is 13.9. The molecule has 0 aromatic rings. The van der Waals surface area contributed by atoms with Crippen LogP contribution in [0.5, 0.6) is 0 Å². The van der Waals surface area contributed by atoms with Gasteiger partial charge in [-0.15, -0.1) is 11.8 Å². The summed E-state index contributed by atoms with van der Waals surface area (Å²) in [4.78, 5) is 0.